The number of hydrogen-bond acceptors (Lipinski definition) is 5. The Balaban J connectivity index is 1.63. The van der Waals surface area contributed by atoms with Crippen LogP contribution in [0.4, 0.5) is 0 Å². The van der Waals surface area contributed by atoms with E-state index in [0.717, 1.165) is 12.0 Å². The maximum Gasteiger partial charge on any atom is 0.243 e. The zero-order chi connectivity index (χ0) is 19.8. The number of carbonyl (C=O) groups excluding carboxylic acids is 1. The van der Waals surface area contributed by atoms with Gasteiger partial charge in [0.25, 0.3) is 0 Å². The Morgan fingerprint density at radius 3 is 2.11 bits per heavy atom. The summed E-state index contributed by atoms with van der Waals surface area (Å²) in [4.78, 5) is 14.6. The third-order valence-electron chi connectivity index (χ3n) is 5.30. The predicted molar refractivity (Wildman–Crippen MR) is 105 cm³/mol. The summed E-state index contributed by atoms with van der Waals surface area (Å²) in [6, 6.07) is 7.16. The molecular weight excluding hydrogens is 364 g/mol. The van der Waals surface area contributed by atoms with Crippen LogP contribution in [0.5, 0.6) is 0 Å². The second-order valence-electron chi connectivity index (χ2n) is 8.48. The van der Waals surface area contributed by atoms with Crippen LogP contribution in [0.1, 0.15) is 39.7 Å². The maximum atomic E-state index is 12.9. The van der Waals surface area contributed by atoms with Crippen molar-refractivity contribution in [2.75, 3.05) is 26.2 Å². The van der Waals surface area contributed by atoms with Gasteiger partial charge in [-0.3, -0.25) is 10.2 Å². The summed E-state index contributed by atoms with van der Waals surface area (Å²) in [5.41, 5.74) is 7.15. The van der Waals surface area contributed by atoms with Gasteiger partial charge in [0.05, 0.1) is 4.90 Å². The molecule has 0 radical (unpaired) electrons. The fourth-order valence-electron chi connectivity index (χ4n) is 3.52. The Labute approximate surface area is 162 Å². The molecule has 0 spiro atoms. The molecule has 2 heterocycles. The SMILES string of the molecule is CC1CC(C(=O)N2CCN(S(=O)(=O)c3ccc(C(C)(C)C)cc3)CC2)NN1. The molecule has 2 saturated heterocycles. The van der Waals surface area contributed by atoms with Crippen molar-refractivity contribution in [3.8, 4) is 0 Å². The first kappa shape index (κ1) is 20.3. The van der Waals surface area contributed by atoms with E-state index in [1.165, 1.54) is 4.31 Å². The van der Waals surface area contributed by atoms with Crippen LogP contribution < -0.4 is 10.9 Å². The van der Waals surface area contributed by atoms with E-state index in [2.05, 4.69) is 31.6 Å². The summed E-state index contributed by atoms with van der Waals surface area (Å²) in [6.07, 6.45) is 0.747. The summed E-state index contributed by atoms with van der Waals surface area (Å²) in [5, 5.41) is 0. The van der Waals surface area contributed by atoms with Crippen LogP contribution in [0.2, 0.25) is 0 Å². The van der Waals surface area contributed by atoms with Crippen molar-refractivity contribution in [2.45, 2.75) is 56.5 Å². The molecule has 150 valence electrons. The lowest BCUT2D eigenvalue weighted by molar-refractivity contribution is -0.134. The topological polar surface area (TPSA) is 81.8 Å². The van der Waals surface area contributed by atoms with Crippen molar-refractivity contribution in [1.82, 2.24) is 20.1 Å². The first-order valence-electron chi connectivity index (χ1n) is 9.49. The van der Waals surface area contributed by atoms with Crippen LogP contribution in [0, 0.1) is 0 Å². The number of nitrogens with one attached hydrogen (secondary N) is 2. The molecule has 2 aliphatic heterocycles. The van der Waals surface area contributed by atoms with Gasteiger partial charge in [0.15, 0.2) is 0 Å². The molecular formula is C19H30N4O3S. The molecule has 7 nitrogen and oxygen atoms in total. The lowest BCUT2D eigenvalue weighted by atomic mass is 9.87. The highest BCUT2D eigenvalue weighted by molar-refractivity contribution is 7.89. The van der Waals surface area contributed by atoms with Crippen LogP contribution in [-0.2, 0) is 20.2 Å². The first-order valence-corrected chi connectivity index (χ1v) is 10.9. The highest BCUT2D eigenvalue weighted by Crippen LogP contribution is 2.25. The number of nitrogens with zero attached hydrogens (tertiary/aromatic N) is 2. The summed E-state index contributed by atoms with van der Waals surface area (Å²) in [7, 11) is -3.53. The Kier molecular flexibility index (Phi) is 5.63. The van der Waals surface area contributed by atoms with Gasteiger partial charge < -0.3 is 4.90 Å². The molecule has 0 bridgehead atoms. The van der Waals surface area contributed by atoms with Crippen molar-refractivity contribution in [1.29, 1.82) is 0 Å². The zero-order valence-corrected chi connectivity index (χ0v) is 17.3. The van der Waals surface area contributed by atoms with Crippen molar-refractivity contribution >= 4 is 15.9 Å². The number of rotatable bonds is 3. The lowest BCUT2D eigenvalue weighted by Crippen LogP contribution is -2.54. The van der Waals surface area contributed by atoms with E-state index in [1.54, 1.807) is 17.0 Å². The highest BCUT2D eigenvalue weighted by atomic mass is 32.2. The first-order chi connectivity index (χ1) is 12.6. The van der Waals surface area contributed by atoms with Crippen molar-refractivity contribution in [2.24, 2.45) is 0 Å². The van der Waals surface area contributed by atoms with Crippen LogP contribution in [0.3, 0.4) is 0 Å². The highest BCUT2D eigenvalue weighted by Gasteiger charge is 2.34. The Morgan fingerprint density at radius 1 is 1.04 bits per heavy atom. The lowest BCUT2D eigenvalue weighted by Gasteiger charge is -2.35. The second-order valence-corrected chi connectivity index (χ2v) is 10.4. The number of amides is 1. The number of carbonyl (C=O) groups is 1. The number of piperazine rings is 1. The van der Waals surface area contributed by atoms with Crippen molar-refractivity contribution in [3.63, 3.8) is 0 Å². The van der Waals surface area contributed by atoms with E-state index >= 15 is 0 Å². The van der Waals surface area contributed by atoms with Gasteiger partial charge in [-0.1, -0.05) is 32.9 Å². The molecule has 1 aromatic carbocycles. The van der Waals surface area contributed by atoms with Crippen LogP contribution in [0.15, 0.2) is 29.2 Å². The molecule has 2 N–H and O–H groups in total. The number of benzene rings is 1. The average Bonchev–Trinajstić information content (AvgIpc) is 3.07. The molecule has 2 aliphatic rings. The van der Waals surface area contributed by atoms with Crippen LogP contribution in [0.25, 0.3) is 0 Å². The van der Waals surface area contributed by atoms with Gasteiger partial charge in [0.2, 0.25) is 15.9 Å². The molecule has 8 heteroatoms. The van der Waals surface area contributed by atoms with Gasteiger partial charge in [-0.25, -0.2) is 13.8 Å². The fraction of sp³-hybridized carbons (Fsp3) is 0.632. The Bertz CT molecular complexity index is 778. The molecule has 1 aromatic rings. The van der Waals surface area contributed by atoms with E-state index in [-0.39, 0.29) is 23.4 Å². The van der Waals surface area contributed by atoms with E-state index < -0.39 is 10.0 Å². The molecule has 1 amide bonds. The third-order valence-corrected chi connectivity index (χ3v) is 7.21. The number of hydrazine groups is 1. The molecule has 27 heavy (non-hydrogen) atoms. The van der Waals surface area contributed by atoms with Crippen LogP contribution in [-0.4, -0.2) is 61.8 Å². The van der Waals surface area contributed by atoms with Crippen molar-refractivity contribution in [3.05, 3.63) is 29.8 Å². The minimum absolute atomic E-state index is 0.0189. The second kappa shape index (κ2) is 7.50. The van der Waals surface area contributed by atoms with Gasteiger partial charge in [0, 0.05) is 32.2 Å². The van der Waals surface area contributed by atoms with E-state index in [4.69, 9.17) is 0 Å². The molecule has 0 aliphatic carbocycles. The minimum atomic E-state index is -3.53. The molecule has 2 fully saturated rings. The third kappa shape index (κ3) is 4.34. The number of sulfonamides is 1. The smallest absolute Gasteiger partial charge is 0.243 e. The molecule has 2 unspecified atom stereocenters. The van der Waals surface area contributed by atoms with E-state index in [0.29, 0.717) is 31.1 Å². The summed E-state index contributed by atoms with van der Waals surface area (Å²) in [5.74, 6) is 0.0402. The summed E-state index contributed by atoms with van der Waals surface area (Å²) >= 11 is 0. The number of hydrogen-bond donors (Lipinski definition) is 2. The quantitative estimate of drug-likeness (QED) is 0.802. The zero-order valence-electron chi connectivity index (χ0n) is 16.5. The van der Waals surface area contributed by atoms with Gasteiger partial charge in [0.1, 0.15) is 6.04 Å². The normalized spacial score (nSPS) is 25.0. The Hall–Kier alpha value is -1.48. The monoisotopic (exact) mass is 394 g/mol. The van der Waals surface area contributed by atoms with Gasteiger partial charge in [-0.15, -0.1) is 0 Å². The van der Waals surface area contributed by atoms with E-state index in [1.807, 2.05) is 19.1 Å². The molecule has 3 rings (SSSR count). The van der Waals surface area contributed by atoms with E-state index in [9.17, 15) is 13.2 Å². The van der Waals surface area contributed by atoms with Gasteiger partial charge in [-0.2, -0.15) is 4.31 Å². The van der Waals surface area contributed by atoms with Crippen molar-refractivity contribution < 1.29 is 13.2 Å². The molecule has 0 aromatic heterocycles. The maximum absolute atomic E-state index is 12.9. The minimum Gasteiger partial charge on any atom is -0.339 e. The molecule has 2 atom stereocenters. The largest absolute Gasteiger partial charge is 0.339 e. The summed E-state index contributed by atoms with van der Waals surface area (Å²) < 4.78 is 27.3. The predicted octanol–water partition coefficient (Wildman–Crippen LogP) is 1.07. The Morgan fingerprint density at radius 2 is 1.63 bits per heavy atom. The fourth-order valence-corrected chi connectivity index (χ4v) is 4.94. The average molecular weight is 395 g/mol. The van der Waals surface area contributed by atoms with Gasteiger partial charge in [-0.05, 0) is 36.5 Å². The molecule has 0 saturated carbocycles. The standard InChI is InChI=1S/C19H30N4O3S/c1-14-13-17(21-20-14)18(24)22-9-11-23(12-10-22)27(25,26)16-7-5-15(6-8-16)19(2,3)4/h5-8,14,17,20-21H,9-13H2,1-4H3. The van der Waals surface area contributed by atoms with Crippen LogP contribution >= 0.6 is 0 Å². The summed E-state index contributed by atoms with van der Waals surface area (Å²) in [6.45, 7) is 9.81. The van der Waals surface area contributed by atoms with Gasteiger partial charge >= 0.3 is 0 Å².